The second kappa shape index (κ2) is 7.08. The number of hydrogen-bond acceptors (Lipinski definition) is 7. The molecule has 0 unspecified atom stereocenters. The van der Waals surface area contributed by atoms with E-state index in [4.69, 9.17) is 11.5 Å². The zero-order chi connectivity index (χ0) is 16.1. The van der Waals surface area contributed by atoms with Crippen molar-refractivity contribution in [1.29, 1.82) is 0 Å². The maximum absolute atomic E-state index is 11.7. The van der Waals surface area contributed by atoms with Crippen molar-refractivity contribution in [2.45, 2.75) is 25.7 Å². The molecule has 8 heteroatoms. The summed E-state index contributed by atoms with van der Waals surface area (Å²) in [5.74, 6) is -0.104. The quantitative estimate of drug-likeness (QED) is 0.544. The molecule has 0 aliphatic heterocycles. The van der Waals surface area contributed by atoms with Gasteiger partial charge in [-0.15, -0.1) is 11.3 Å². The van der Waals surface area contributed by atoms with Gasteiger partial charge in [0.05, 0.1) is 12.7 Å². The van der Waals surface area contributed by atoms with Gasteiger partial charge in [0.2, 0.25) is 5.95 Å². The Morgan fingerprint density at radius 2 is 2.09 bits per heavy atom. The minimum Gasteiger partial charge on any atom is -0.465 e. The Labute approximate surface area is 131 Å². The van der Waals surface area contributed by atoms with Crippen LogP contribution >= 0.6 is 11.3 Å². The van der Waals surface area contributed by atoms with Gasteiger partial charge in [-0.3, -0.25) is 9.78 Å². The van der Waals surface area contributed by atoms with E-state index in [0.29, 0.717) is 16.9 Å². The van der Waals surface area contributed by atoms with Crippen molar-refractivity contribution in [3.8, 4) is 0 Å². The van der Waals surface area contributed by atoms with Crippen LogP contribution in [0.5, 0.6) is 0 Å². The van der Waals surface area contributed by atoms with E-state index in [-0.39, 0.29) is 23.3 Å². The van der Waals surface area contributed by atoms with Crippen molar-refractivity contribution in [2.24, 2.45) is 0 Å². The molecule has 0 aliphatic rings. The van der Waals surface area contributed by atoms with Crippen LogP contribution in [-0.2, 0) is 17.6 Å². The maximum atomic E-state index is 11.7. The Morgan fingerprint density at radius 3 is 2.77 bits per heavy atom. The molecule has 2 rings (SSSR count). The van der Waals surface area contributed by atoms with Crippen LogP contribution in [0.4, 0.5) is 11.8 Å². The number of anilines is 2. The fourth-order valence-electron chi connectivity index (χ4n) is 2.12. The summed E-state index contributed by atoms with van der Waals surface area (Å²) in [7, 11) is 1.37. The van der Waals surface area contributed by atoms with Crippen LogP contribution < -0.4 is 17.0 Å². The molecule has 0 radical (unpaired) electrons. The molecule has 0 fully saturated rings. The smallest absolute Gasteiger partial charge is 0.348 e. The van der Waals surface area contributed by atoms with E-state index >= 15 is 0 Å². The molecule has 0 saturated heterocycles. The first-order chi connectivity index (χ1) is 10.5. The second-order valence-electron chi connectivity index (χ2n) is 4.83. The summed E-state index contributed by atoms with van der Waals surface area (Å²) < 4.78 is 4.67. The summed E-state index contributed by atoms with van der Waals surface area (Å²) in [4.78, 5) is 30.0. The third-order valence-corrected chi connectivity index (χ3v) is 4.21. The number of thiophene rings is 1. The number of ether oxygens (including phenoxy) is 1. The lowest BCUT2D eigenvalue weighted by atomic mass is 10.1. The lowest BCUT2D eigenvalue weighted by Crippen LogP contribution is -2.19. The predicted molar refractivity (Wildman–Crippen MR) is 86.0 cm³/mol. The van der Waals surface area contributed by atoms with E-state index < -0.39 is 0 Å². The number of esters is 1. The number of nitrogens with zero attached hydrogens (tertiary/aromatic N) is 1. The highest BCUT2D eigenvalue weighted by molar-refractivity contribution is 7.12. The molecule has 5 N–H and O–H groups in total. The topological polar surface area (TPSA) is 124 Å². The second-order valence-corrected chi connectivity index (χ2v) is 5.74. The third-order valence-electron chi connectivity index (χ3n) is 3.25. The van der Waals surface area contributed by atoms with Gasteiger partial charge in [-0.25, -0.2) is 4.79 Å². The van der Waals surface area contributed by atoms with Crippen LogP contribution in [-0.4, -0.2) is 23.0 Å². The highest BCUT2D eigenvalue weighted by Gasteiger charge is 2.10. The van der Waals surface area contributed by atoms with Gasteiger partial charge in [0, 0.05) is 0 Å². The molecule has 0 atom stereocenters. The lowest BCUT2D eigenvalue weighted by molar-refractivity contribution is 0.0606. The van der Waals surface area contributed by atoms with E-state index in [0.717, 1.165) is 24.8 Å². The highest BCUT2D eigenvalue weighted by Crippen LogP contribution is 2.18. The van der Waals surface area contributed by atoms with Crippen molar-refractivity contribution in [2.75, 3.05) is 18.6 Å². The minimum absolute atomic E-state index is 0.0277. The average molecular weight is 322 g/mol. The van der Waals surface area contributed by atoms with Crippen LogP contribution in [0.2, 0.25) is 0 Å². The van der Waals surface area contributed by atoms with Crippen LogP contribution in [0.15, 0.2) is 16.2 Å². The Morgan fingerprint density at radius 1 is 1.36 bits per heavy atom. The fourth-order valence-corrected chi connectivity index (χ4v) is 2.98. The number of aromatic amines is 1. The molecule has 0 bridgehead atoms. The SMILES string of the molecule is COC(=O)c1cc(CCCCc2c(N)nc(N)[nH]c2=O)cs1. The minimum atomic E-state index is -0.316. The van der Waals surface area contributed by atoms with Crippen LogP contribution in [0.25, 0.3) is 0 Å². The maximum Gasteiger partial charge on any atom is 0.348 e. The third kappa shape index (κ3) is 3.85. The number of nitrogens with two attached hydrogens (primary N) is 2. The van der Waals surface area contributed by atoms with Crippen LogP contribution in [0.1, 0.15) is 33.6 Å². The van der Waals surface area contributed by atoms with E-state index in [1.54, 1.807) is 0 Å². The first-order valence-electron chi connectivity index (χ1n) is 6.81. The monoisotopic (exact) mass is 322 g/mol. The molecular formula is C14H18N4O3S. The first-order valence-corrected chi connectivity index (χ1v) is 7.69. The van der Waals surface area contributed by atoms with Crippen LogP contribution in [0.3, 0.4) is 0 Å². The highest BCUT2D eigenvalue weighted by atomic mass is 32.1. The summed E-state index contributed by atoms with van der Waals surface area (Å²) in [6.07, 6.45) is 3.04. The van der Waals surface area contributed by atoms with E-state index in [9.17, 15) is 9.59 Å². The Bertz CT molecular complexity index is 723. The molecule has 0 amide bonds. The number of aryl methyl sites for hydroxylation is 1. The molecule has 118 valence electrons. The van der Waals surface area contributed by atoms with Gasteiger partial charge in [-0.05, 0) is 42.7 Å². The number of carbonyl (C=O) groups is 1. The number of unbranched alkanes of at least 4 members (excludes halogenated alkanes) is 1. The Balaban J connectivity index is 1.86. The van der Waals surface area contributed by atoms with Gasteiger partial charge in [0.25, 0.3) is 5.56 Å². The number of hydrogen-bond donors (Lipinski definition) is 3. The number of nitrogen functional groups attached to an aromatic ring is 2. The largest absolute Gasteiger partial charge is 0.465 e. The number of aromatic nitrogens is 2. The molecular weight excluding hydrogens is 304 g/mol. The fraction of sp³-hybridized carbons (Fsp3) is 0.357. The normalized spacial score (nSPS) is 10.6. The summed E-state index contributed by atoms with van der Waals surface area (Å²) in [6.45, 7) is 0. The summed E-state index contributed by atoms with van der Waals surface area (Å²) >= 11 is 1.37. The number of carbonyl (C=O) groups excluding carboxylic acids is 1. The van der Waals surface area contributed by atoms with Gasteiger partial charge in [0.1, 0.15) is 10.7 Å². The van der Waals surface area contributed by atoms with Crippen molar-refractivity contribution in [3.63, 3.8) is 0 Å². The van der Waals surface area contributed by atoms with Crippen molar-refractivity contribution < 1.29 is 9.53 Å². The number of methoxy groups -OCH3 is 1. The summed E-state index contributed by atoms with van der Waals surface area (Å²) in [5.41, 5.74) is 12.4. The van der Waals surface area contributed by atoms with Gasteiger partial charge in [-0.1, -0.05) is 0 Å². The first kappa shape index (κ1) is 16.0. The summed E-state index contributed by atoms with van der Waals surface area (Å²) in [5, 5.41) is 1.94. The zero-order valence-electron chi connectivity index (χ0n) is 12.2. The van der Waals surface area contributed by atoms with Gasteiger partial charge in [-0.2, -0.15) is 4.98 Å². The van der Waals surface area contributed by atoms with Crippen molar-refractivity contribution >= 4 is 29.1 Å². The molecule has 7 nitrogen and oxygen atoms in total. The molecule has 0 spiro atoms. The molecule has 0 aliphatic carbocycles. The van der Waals surface area contributed by atoms with Crippen LogP contribution in [0, 0.1) is 0 Å². The molecule has 2 aromatic heterocycles. The lowest BCUT2D eigenvalue weighted by Gasteiger charge is -2.04. The number of rotatable bonds is 6. The zero-order valence-corrected chi connectivity index (χ0v) is 13.0. The average Bonchev–Trinajstić information content (AvgIpc) is 2.93. The van der Waals surface area contributed by atoms with Gasteiger partial charge < -0.3 is 16.2 Å². The molecule has 2 aromatic rings. The van der Waals surface area contributed by atoms with Gasteiger partial charge in [0.15, 0.2) is 0 Å². The van der Waals surface area contributed by atoms with E-state index in [1.807, 2.05) is 11.4 Å². The Kier molecular flexibility index (Phi) is 5.16. The predicted octanol–water partition coefficient (Wildman–Crippen LogP) is 1.35. The van der Waals surface area contributed by atoms with Crippen molar-refractivity contribution in [1.82, 2.24) is 9.97 Å². The van der Waals surface area contributed by atoms with E-state index in [2.05, 4.69) is 14.7 Å². The molecule has 22 heavy (non-hydrogen) atoms. The van der Waals surface area contributed by atoms with E-state index in [1.165, 1.54) is 18.4 Å². The standard InChI is InChI=1S/C14H18N4O3S/c1-21-13(20)10-6-8(7-22-10)4-2-3-5-9-11(15)17-14(16)18-12(9)19/h6-7H,2-5H2,1H3,(H5,15,16,17,18,19). The summed E-state index contributed by atoms with van der Waals surface area (Å²) in [6, 6.07) is 1.84. The number of nitrogens with one attached hydrogen (secondary N) is 1. The molecule has 0 aromatic carbocycles. The Hall–Kier alpha value is -2.35. The van der Waals surface area contributed by atoms with Crippen molar-refractivity contribution in [3.05, 3.63) is 37.8 Å². The molecule has 0 saturated carbocycles. The molecule has 2 heterocycles. The van der Waals surface area contributed by atoms with Gasteiger partial charge >= 0.3 is 5.97 Å². The number of H-pyrrole nitrogens is 1.